The standard InChI is InChI=1S/C14H19NO3/c1-4-13(17)18-12-7-5-11(6-8-12)9-14(3,15)10(2)16/h5-8H,4,9,15H2,1-3H3/t14-/m1/s1. The Morgan fingerprint density at radius 2 is 1.83 bits per heavy atom. The maximum Gasteiger partial charge on any atom is 0.310 e. The number of Topliss-reactive ketones (excluding diaryl/α,β-unsaturated/α-hetero) is 1. The van der Waals surface area contributed by atoms with Crippen molar-refractivity contribution in [2.75, 3.05) is 0 Å². The van der Waals surface area contributed by atoms with Gasteiger partial charge in [-0.25, -0.2) is 0 Å². The van der Waals surface area contributed by atoms with Crippen LogP contribution in [0.3, 0.4) is 0 Å². The molecule has 0 aromatic heterocycles. The van der Waals surface area contributed by atoms with E-state index in [0.29, 0.717) is 18.6 Å². The van der Waals surface area contributed by atoms with Crippen molar-refractivity contribution in [3.05, 3.63) is 29.8 Å². The number of carbonyl (C=O) groups excluding carboxylic acids is 2. The first-order valence-electron chi connectivity index (χ1n) is 5.94. The van der Waals surface area contributed by atoms with Gasteiger partial charge in [0, 0.05) is 6.42 Å². The van der Waals surface area contributed by atoms with Crippen LogP contribution in [-0.2, 0) is 16.0 Å². The molecule has 0 aliphatic heterocycles. The minimum atomic E-state index is -0.860. The molecule has 0 amide bonds. The van der Waals surface area contributed by atoms with E-state index in [1.54, 1.807) is 26.0 Å². The molecule has 1 aromatic rings. The number of nitrogens with two attached hydrogens (primary N) is 1. The third kappa shape index (κ3) is 3.96. The molecule has 0 unspecified atom stereocenters. The summed E-state index contributed by atoms with van der Waals surface area (Å²) in [5, 5.41) is 0. The maximum atomic E-state index is 11.3. The fourth-order valence-electron chi connectivity index (χ4n) is 1.43. The van der Waals surface area contributed by atoms with Gasteiger partial charge in [0.2, 0.25) is 0 Å². The van der Waals surface area contributed by atoms with Crippen LogP contribution in [0.2, 0.25) is 0 Å². The smallest absolute Gasteiger partial charge is 0.310 e. The second-order valence-corrected chi connectivity index (χ2v) is 4.62. The Morgan fingerprint density at radius 3 is 2.28 bits per heavy atom. The Kier molecular flexibility index (Phi) is 4.62. The van der Waals surface area contributed by atoms with Crippen LogP contribution in [0.4, 0.5) is 0 Å². The van der Waals surface area contributed by atoms with Gasteiger partial charge in [0.1, 0.15) is 11.5 Å². The number of carbonyl (C=O) groups is 2. The average Bonchev–Trinajstić information content (AvgIpc) is 2.31. The molecule has 0 saturated heterocycles. The predicted octanol–water partition coefficient (Wildman–Crippen LogP) is 1.85. The SMILES string of the molecule is CCC(=O)Oc1ccc(C[C@@](C)(N)C(C)=O)cc1. The van der Waals surface area contributed by atoms with Crippen LogP contribution in [0.5, 0.6) is 5.75 Å². The zero-order chi connectivity index (χ0) is 13.8. The molecule has 1 aromatic carbocycles. The summed E-state index contributed by atoms with van der Waals surface area (Å²) in [5.74, 6) is 0.186. The third-order valence-electron chi connectivity index (χ3n) is 2.82. The summed E-state index contributed by atoms with van der Waals surface area (Å²) < 4.78 is 5.06. The topological polar surface area (TPSA) is 69.4 Å². The van der Waals surface area contributed by atoms with E-state index in [9.17, 15) is 9.59 Å². The normalized spacial score (nSPS) is 13.8. The highest BCUT2D eigenvalue weighted by Gasteiger charge is 2.24. The molecule has 0 saturated carbocycles. The van der Waals surface area contributed by atoms with E-state index in [1.165, 1.54) is 6.92 Å². The predicted molar refractivity (Wildman–Crippen MR) is 69.3 cm³/mol. The number of esters is 1. The van der Waals surface area contributed by atoms with Gasteiger partial charge in [-0.05, 0) is 38.0 Å². The van der Waals surface area contributed by atoms with Gasteiger partial charge in [-0.3, -0.25) is 9.59 Å². The minimum absolute atomic E-state index is 0.0519. The summed E-state index contributed by atoms with van der Waals surface area (Å²) in [6, 6.07) is 7.04. The van der Waals surface area contributed by atoms with Crippen molar-refractivity contribution in [1.82, 2.24) is 0 Å². The molecule has 1 rings (SSSR count). The van der Waals surface area contributed by atoms with Gasteiger partial charge in [0.15, 0.2) is 0 Å². The van der Waals surface area contributed by atoms with Gasteiger partial charge in [-0.2, -0.15) is 0 Å². The fraction of sp³-hybridized carbons (Fsp3) is 0.429. The molecule has 18 heavy (non-hydrogen) atoms. The molecule has 0 bridgehead atoms. The lowest BCUT2D eigenvalue weighted by Gasteiger charge is -2.21. The van der Waals surface area contributed by atoms with Crippen molar-refractivity contribution in [3.8, 4) is 5.75 Å². The molecule has 4 heteroatoms. The number of ketones is 1. The van der Waals surface area contributed by atoms with Crippen molar-refractivity contribution >= 4 is 11.8 Å². The molecule has 98 valence electrons. The highest BCUT2D eigenvalue weighted by atomic mass is 16.5. The lowest BCUT2D eigenvalue weighted by Crippen LogP contribution is -2.45. The summed E-state index contributed by atoms with van der Waals surface area (Å²) in [7, 11) is 0. The van der Waals surface area contributed by atoms with Crippen LogP contribution < -0.4 is 10.5 Å². The van der Waals surface area contributed by atoms with Crippen LogP contribution in [0.15, 0.2) is 24.3 Å². The highest BCUT2D eigenvalue weighted by molar-refractivity contribution is 5.85. The van der Waals surface area contributed by atoms with Crippen molar-refractivity contribution in [2.45, 2.75) is 39.2 Å². The zero-order valence-corrected chi connectivity index (χ0v) is 11.0. The van der Waals surface area contributed by atoms with E-state index in [4.69, 9.17) is 10.5 Å². The van der Waals surface area contributed by atoms with E-state index in [1.807, 2.05) is 12.1 Å². The molecule has 0 fully saturated rings. The van der Waals surface area contributed by atoms with E-state index >= 15 is 0 Å². The second-order valence-electron chi connectivity index (χ2n) is 4.62. The number of benzene rings is 1. The second kappa shape index (κ2) is 5.78. The monoisotopic (exact) mass is 249 g/mol. The molecule has 0 aliphatic carbocycles. The molecular weight excluding hydrogens is 230 g/mol. The Morgan fingerprint density at radius 1 is 1.28 bits per heavy atom. The van der Waals surface area contributed by atoms with Gasteiger partial charge in [0.05, 0.1) is 5.54 Å². The van der Waals surface area contributed by atoms with Gasteiger partial charge >= 0.3 is 5.97 Å². The van der Waals surface area contributed by atoms with E-state index in [2.05, 4.69) is 0 Å². The lowest BCUT2D eigenvalue weighted by atomic mass is 9.90. The summed E-state index contributed by atoms with van der Waals surface area (Å²) in [4.78, 5) is 22.4. The average molecular weight is 249 g/mol. The van der Waals surface area contributed by atoms with Crippen LogP contribution in [-0.4, -0.2) is 17.3 Å². The van der Waals surface area contributed by atoms with Gasteiger partial charge in [-0.1, -0.05) is 19.1 Å². The van der Waals surface area contributed by atoms with Crippen molar-refractivity contribution in [2.24, 2.45) is 5.73 Å². The molecule has 2 N–H and O–H groups in total. The van der Waals surface area contributed by atoms with Crippen LogP contribution in [0, 0.1) is 0 Å². The number of ether oxygens (including phenoxy) is 1. The van der Waals surface area contributed by atoms with Gasteiger partial charge < -0.3 is 10.5 Å². The molecule has 0 spiro atoms. The molecular formula is C14H19NO3. The quantitative estimate of drug-likeness (QED) is 0.638. The summed E-state index contributed by atoms with van der Waals surface area (Å²) in [5.41, 5.74) is 5.97. The van der Waals surface area contributed by atoms with E-state index in [0.717, 1.165) is 5.56 Å². The van der Waals surface area contributed by atoms with Crippen LogP contribution >= 0.6 is 0 Å². The Hall–Kier alpha value is -1.68. The molecule has 1 atom stereocenters. The molecule has 0 radical (unpaired) electrons. The van der Waals surface area contributed by atoms with E-state index in [-0.39, 0.29) is 11.8 Å². The number of rotatable bonds is 5. The first kappa shape index (κ1) is 14.4. The maximum absolute atomic E-state index is 11.3. The number of hydrogen-bond acceptors (Lipinski definition) is 4. The molecule has 4 nitrogen and oxygen atoms in total. The van der Waals surface area contributed by atoms with Crippen molar-refractivity contribution in [1.29, 1.82) is 0 Å². The van der Waals surface area contributed by atoms with Gasteiger partial charge in [-0.15, -0.1) is 0 Å². The number of hydrogen-bond donors (Lipinski definition) is 1. The fourth-order valence-corrected chi connectivity index (χ4v) is 1.43. The van der Waals surface area contributed by atoms with Crippen LogP contribution in [0.25, 0.3) is 0 Å². The van der Waals surface area contributed by atoms with Crippen molar-refractivity contribution < 1.29 is 14.3 Å². The lowest BCUT2D eigenvalue weighted by molar-refractivity contribution is -0.134. The molecule has 0 aliphatic rings. The minimum Gasteiger partial charge on any atom is -0.427 e. The first-order valence-corrected chi connectivity index (χ1v) is 5.94. The van der Waals surface area contributed by atoms with Crippen molar-refractivity contribution in [3.63, 3.8) is 0 Å². The summed E-state index contributed by atoms with van der Waals surface area (Å²) in [6.07, 6.45) is 0.803. The molecule has 0 heterocycles. The van der Waals surface area contributed by atoms with Gasteiger partial charge in [0.25, 0.3) is 0 Å². The third-order valence-corrected chi connectivity index (χ3v) is 2.82. The van der Waals surface area contributed by atoms with Crippen LogP contribution in [0.1, 0.15) is 32.8 Å². The first-order chi connectivity index (χ1) is 8.35. The van der Waals surface area contributed by atoms with E-state index < -0.39 is 5.54 Å². The largest absolute Gasteiger partial charge is 0.427 e. The summed E-state index contributed by atoms with van der Waals surface area (Å²) >= 11 is 0. The Bertz CT molecular complexity index is 435. The summed E-state index contributed by atoms with van der Waals surface area (Å²) in [6.45, 7) is 4.93. The zero-order valence-electron chi connectivity index (χ0n) is 11.0. The highest BCUT2D eigenvalue weighted by Crippen LogP contribution is 2.17. The Labute approximate surface area is 107 Å². The Balaban J connectivity index is 2.72.